The van der Waals surface area contributed by atoms with Gasteiger partial charge in [-0.3, -0.25) is 0 Å². The van der Waals surface area contributed by atoms with Crippen LogP contribution in [-0.4, -0.2) is 10.2 Å². The van der Waals surface area contributed by atoms with E-state index in [0.29, 0.717) is 6.42 Å². The van der Waals surface area contributed by atoms with Crippen molar-refractivity contribution in [3.63, 3.8) is 0 Å². The third-order valence-corrected chi connectivity index (χ3v) is 4.90. The standard InChI is InChI=1S/C16H20O2S/c1-4-16(3,18)14-10-9-13(19-14)15(17)12-7-5-11(2)6-8-12/h5-10,15,17-18H,4H2,1-3H3. The van der Waals surface area contributed by atoms with Crippen molar-refractivity contribution in [3.8, 4) is 0 Å². The molecule has 1 heterocycles. The summed E-state index contributed by atoms with van der Waals surface area (Å²) in [5, 5.41) is 20.6. The molecule has 1 aromatic carbocycles. The van der Waals surface area contributed by atoms with Gasteiger partial charge in [-0.15, -0.1) is 11.3 Å². The van der Waals surface area contributed by atoms with Gasteiger partial charge in [0, 0.05) is 9.75 Å². The molecule has 102 valence electrons. The van der Waals surface area contributed by atoms with Gasteiger partial charge in [-0.05, 0) is 38.0 Å². The number of benzene rings is 1. The van der Waals surface area contributed by atoms with Crippen LogP contribution in [0, 0.1) is 6.92 Å². The maximum absolute atomic E-state index is 10.4. The van der Waals surface area contributed by atoms with Gasteiger partial charge in [0.1, 0.15) is 6.10 Å². The summed E-state index contributed by atoms with van der Waals surface area (Å²) in [6.45, 7) is 5.79. The van der Waals surface area contributed by atoms with Gasteiger partial charge in [-0.2, -0.15) is 0 Å². The van der Waals surface area contributed by atoms with Gasteiger partial charge in [0.25, 0.3) is 0 Å². The Hall–Kier alpha value is -1.16. The lowest BCUT2D eigenvalue weighted by Gasteiger charge is -2.19. The Balaban J connectivity index is 2.25. The maximum Gasteiger partial charge on any atom is 0.113 e. The van der Waals surface area contributed by atoms with Gasteiger partial charge in [0.15, 0.2) is 0 Å². The van der Waals surface area contributed by atoms with Gasteiger partial charge >= 0.3 is 0 Å². The highest BCUT2D eigenvalue weighted by molar-refractivity contribution is 7.12. The van der Waals surface area contributed by atoms with Gasteiger partial charge in [-0.25, -0.2) is 0 Å². The van der Waals surface area contributed by atoms with E-state index in [-0.39, 0.29) is 0 Å². The predicted octanol–water partition coefficient (Wildman–Crippen LogP) is 3.76. The van der Waals surface area contributed by atoms with Crippen molar-refractivity contribution in [1.29, 1.82) is 0 Å². The molecule has 0 saturated heterocycles. The van der Waals surface area contributed by atoms with Crippen molar-refractivity contribution >= 4 is 11.3 Å². The van der Waals surface area contributed by atoms with Crippen molar-refractivity contribution in [3.05, 3.63) is 57.3 Å². The fourth-order valence-corrected chi connectivity index (χ4v) is 3.01. The highest BCUT2D eigenvalue weighted by atomic mass is 32.1. The third-order valence-electron chi connectivity index (χ3n) is 3.51. The van der Waals surface area contributed by atoms with Crippen molar-refractivity contribution in [2.75, 3.05) is 0 Å². The second kappa shape index (κ2) is 5.45. The van der Waals surface area contributed by atoms with Crippen LogP contribution in [0.15, 0.2) is 36.4 Å². The molecule has 2 aromatic rings. The fraction of sp³-hybridized carbons (Fsp3) is 0.375. The van der Waals surface area contributed by atoms with E-state index < -0.39 is 11.7 Å². The second-order valence-electron chi connectivity index (χ2n) is 5.14. The first-order chi connectivity index (χ1) is 8.94. The van der Waals surface area contributed by atoms with Crippen molar-refractivity contribution < 1.29 is 10.2 Å². The predicted molar refractivity (Wildman–Crippen MR) is 79.4 cm³/mol. The molecule has 0 bridgehead atoms. The average molecular weight is 276 g/mol. The highest BCUT2D eigenvalue weighted by Gasteiger charge is 2.24. The molecule has 19 heavy (non-hydrogen) atoms. The van der Waals surface area contributed by atoms with Crippen LogP contribution in [0.2, 0.25) is 0 Å². The molecule has 2 unspecified atom stereocenters. The number of aryl methyl sites for hydroxylation is 1. The molecule has 2 rings (SSSR count). The molecule has 0 radical (unpaired) electrons. The van der Waals surface area contributed by atoms with Crippen LogP contribution in [0.4, 0.5) is 0 Å². The monoisotopic (exact) mass is 276 g/mol. The summed E-state index contributed by atoms with van der Waals surface area (Å²) < 4.78 is 0. The quantitative estimate of drug-likeness (QED) is 0.892. The van der Waals surface area contributed by atoms with Crippen LogP contribution < -0.4 is 0 Å². The Bertz CT molecular complexity index is 540. The van der Waals surface area contributed by atoms with Crippen molar-refractivity contribution in [1.82, 2.24) is 0 Å². The van der Waals surface area contributed by atoms with Crippen LogP contribution in [0.5, 0.6) is 0 Å². The maximum atomic E-state index is 10.4. The number of hydrogen-bond donors (Lipinski definition) is 2. The van der Waals surface area contributed by atoms with E-state index in [1.807, 2.05) is 50.2 Å². The molecule has 0 fully saturated rings. The third kappa shape index (κ3) is 3.06. The SMILES string of the molecule is CCC(C)(O)c1ccc(C(O)c2ccc(C)cc2)s1. The van der Waals surface area contributed by atoms with Crippen molar-refractivity contribution in [2.24, 2.45) is 0 Å². The lowest BCUT2D eigenvalue weighted by molar-refractivity contribution is 0.0569. The Kier molecular flexibility index (Phi) is 4.09. The topological polar surface area (TPSA) is 40.5 Å². The number of aliphatic hydroxyl groups excluding tert-OH is 1. The minimum Gasteiger partial charge on any atom is -0.385 e. The molecule has 1 aromatic heterocycles. The molecule has 0 aliphatic carbocycles. The molecule has 3 heteroatoms. The molecular weight excluding hydrogens is 256 g/mol. The lowest BCUT2D eigenvalue weighted by Crippen LogP contribution is -2.17. The van der Waals surface area contributed by atoms with Gasteiger partial charge in [0.05, 0.1) is 5.60 Å². The molecular formula is C16H20O2S. The summed E-state index contributed by atoms with van der Waals surface area (Å²) >= 11 is 1.47. The molecule has 0 amide bonds. The Morgan fingerprint density at radius 1 is 1.16 bits per heavy atom. The van der Waals surface area contributed by atoms with Crippen LogP contribution in [0.1, 0.15) is 47.3 Å². The zero-order chi connectivity index (χ0) is 14.0. The Morgan fingerprint density at radius 3 is 2.37 bits per heavy atom. The average Bonchev–Trinajstić information content (AvgIpc) is 2.89. The summed E-state index contributed by atoms with van der Waals surface area (Å²) in [5.41, 5.74) is 1.25. The van der Waals surface area contributed by atoms with Crippen molar-refractivity contribution in [2.45, 2.75) is 38.9 Å². The van der Waals surface area contributed by atoms with E-state index in [2.05, 4.69) is 0 Å². The first kappa shape index (κ1) is 14.3. The highest BCUT2D eigenvalue weighted by Crippen LogP contribution is 2.35. The second-order valence-corrected chi connectivity index (χ2v) is 6.26. The smallest absolute Gasteiger partial charge is 0.113 e. The molecule has 0 saturated carbocycles. The van der Waals surface area contributed by atoms with Crippen LogP contribution in [-0.2, 0) is 5.60 Å². The molecule has 0 aliphatic rings. The van der Waals surface area contributed by atoms with E-state index in [0.717, 1.165) is 15.3 Å². The van der Waals surface area contributed by atoms with Crippen LogP contribution in [0.3, 0.4) is 0 Å². The zero-order valence-corrected chi connectivity index (χ0v) is 12.4. The largest absolute Gasteiger partial charge is 0.385 e. The molecule has 2 nitrogen and oxygen atoms in total. The normalized spacial score (nSPS) is 16.1. The summed E-state index contributed by atoms with van der Waals surface area (Å²) in [6, 6.07) is 11.7. The Morgan fingerprint density at radius 2 is 1.79 bits per heavy atom. The first-order valence-electron chi connectivity index (χ1n) is 6.51. The minimum absolute atomic E-state index is 0.619. The summed E-state index contributed by atoms with van der Waals surface area (Å²) in [7, 11) is 0. The number of hydrogen-bond acceptors (Lipinski definition) is 3. The fourth-order valence-electron chi connectivity index (χ4n) is 1.88. The van der Waals surface area contributed by atoms with E-state index >= 15 is 0 Å². The van der Waals surface area contributed by atoms with Crippen LogP contribution >= 0.6 is 11.3 Å². The van der Waals surface area contributed by atoms with E-state index in [9.17, 15) is 10.2 Å². The van der Waals surface area contributed by atoms with E-state index in [1.54, 1.807) is 6.92 Å². The molecule has 0 aliphatic heterocycles. The van der Waals surface area contributed by atoms with Gasteiger partial charge < -0.3 is 10.2 Å². The van der Waals surface area contributed by atoms with E-state index in [4.69, 9.17) is 0 Å². The Labute approximate surface area is 118 Å². The lowest BCUT2D eigenvalue weighted by atomic mass is 10.0. The van der Waals surface area contributed by atoms with Crippen LogP contribution in [0.25, 0.3) is 0 Å². The minimum atomic E-state index is -0.810. The summed E-state index contributed by atoms with van der Waals surface area (Å²) in [6.07, 6.45) is 0.0418. The number of aliphatic hydroxyl groups is 2. The molecule has 0 spiro atoms. The van der Waals surface area contributed by atoms with Gasteiger partial charge in [0.2, 0.25) is 0 Å². The molecule has 2 atom stereocenters. The van der Waals surface area contributed by atoms with Gasteiger partial charge in [-0.1, -0.05) is 36.8 Å². The molecule has 2 N–H and O–H groups in total. The summed E-state index contributed by atoms with van der Waals surface area (Å²) in [4.78, 5) is 1.77. The van der Waals surface area contributed by atoms with E-state index in [1.165, 1.54) is 16.9 Å². The number of thiophene rings is 1. The number of rotatable bonds is 4. The zero-order valence-electron chi connectivity index (χ0n) is 11.6. The summed E-state index contributed by atoms with van der Waals surface area (Å²) in [5.74, 6) is 0. The first-order valence-corrected chi connectivity index (χ1v) is 7.33.